The lowest BCUT2D eigenvalue weighted by molar-refractivity contribution is 0.483. The second kappa shape index (κ2) is 9.44. The van der Waals surface area contributed by atoms with Crippen LogP contribution >= 0.6 is 0 Å². The van der Waals surface area contributed by atoms with Crippen molar-refractivity contribution < 1.29 is 4.74 Å². The van der Waals surface area contributed by atoms with Crippen LogP contribution in [0.15, 0.2) is 97.2 Å². The molecule has 7 rings (SSSR count). The monoisotopic (exact) mass is 532 g/mol. The van der Waals surface area contributed by atoms with Crippen molar-refractivity contribution in [3.63, 3.8) is 0 Å². The number of rotatable bonds is 4. The number of para-hydroxylation sites is 2. The molecule has 7 heteroatoms. The molecule has 2 aromatic heterocycles. The number of nitriles is 2. The van der Waals surface area contributed by atoms with E-state index in [1.165, 1.54) is 5.69 Å². The van der Waals surface area contributed by atoms with Crippen molar-refractivity contribution in [2.45, 2.75) is 6.92 Å². The van der Waals surface area contributed by atoms with Crippen molar-refractivity contribution in [3.05, 3.63) is 114 Å². The fraction of sp³-hybridized carbons (Fsp3) is 0.0882. The number of fused-ring (bicyclic) bond motifs is 4. The Morgan fingerprint density at radius 1 is 0.805 bits per heavy atom. The van der Waals surface area contributed by atoms with Gasteiger partial charge in [-0.2, -0.15) is 10.5 Å². The average molecular weight is 533 g/mol. The first-order valence-electron chi connectivity index (χ1n) is 13.2. The Balaban J connectivity index is 1.37. The van der Waals surface area contributed by atoms with Gasteiger partial charge in [0.15, 0.2) is 0 Å². The number of benzene rings is 4. The van der Waals surface area contributed by atoms with Gasteiger partial charge >= 0.3 is 0 Å². The van der Waals surface area contributed by atoms with Crippen LogP contribution in [0.4, 0.5) is 17.1 Å². The van der Waals surface area contributed by atoms with E-state index < -0.39 is 0 Å². The van der Waals surface area contributed by atoms with Crippen LogP contribution in [0.2, 0.25) is 0 Å². The summed E-state index contributed by atoms with van der Waals surface area (Å²) in [5.74, 6) is 1.94. The summed E-state index contributed by atoms with van der Waals surface area (Å²) in [4.78, 5) is 9.10. The van der Waals surface area contributed by atoms with Gasteiger partial charge in [-0.15, -0.1) is 0 Å². The maximum atomic E-state index is 10.2. The highest BCUT2D eigenvalue weighted by Crippen LogP contribution is 2.42. The van der Waals surface area contributed by atoms with Gasteiger partial charge < -0.3 is 14.5 Å². The maximum Gasteiger partial charge on any atom is 0.137 e. The molecule has 41 heavy (non-hydrogen) atoms. The first-order chi connectivity index (χ1) is 20.0. The predicted octanol–water partition coefficient (Wildman–Crippen LogP) is 7.57. The van der Waals surface area contributed by atoms with Gasteiger partial charge in [0.05, 0.1) is 52.3 Å². The lowest BCUT2D eigenvalue weighted by Crippen LogP contribution is -2.23. The second-order valence-electron chi connectivity index (χ2n) is 10.2. The number of ether oxygens (including phenoxy) is 1. The van der Waals surface area contributed by atoms with Crippen LogP contribution in [0, 0.1) is 29.6 Å². The third kappa shape index (κ3) is 4.00. The molecule has 1 aliphatic heterocycles. The van der Waals surface area contributed by atoms with Crippen molar-refractivity contribution in [2.75, 3.05) is 23.5 Å². The predicted molar refractivity (Wildman–Crippen MR) is 161 cm³/mol. The van der Waals surface area contributed by atoms with Gasteiger partial charge in [-0.1, -0.05) is 18.2 Å². The largest absolute Gasteiger partial charge is 0.457 e. The Labute approximate surface area is 237 Å². The van der Waals surface area contributed by atoms with Gasteiger partial charge in [-0.3, -0.25) is 4.57 Å². The van der Waals surface area contributed by atoms with Crippen molar-refractivity contribution in [2.24, 2.45) is 0 Å². The van der Waals surface area contributed by atoms with Crippen molar-refractivity contribution in [3.8, 4) is 29.5 Å². The molecule has 0 bridgehead atoms. The highest BCUT2D eigenvalue weighted by molar-refractivity contribution is 6.12. The molecular weight excluding hydrogens is 508 g/mol. The summed E-state index contributed by atoms with van der Waals surface area (Å²) in [5.41, 5.74) is 7.06. The number of hydrogen-bond donors (Lipinski definition) is 0. The average Bonchev–Trinajstić information content (AvgIpc) is 3.51. The quantitative estimate of drug-likeness (QED) is 0.233. The number of aryl methyl sites for hydroxylation is 1. The molecule has 7 nitrogen and oxygen atoms in total. The minimum Gasteiger partial charge on any atom is -0.457 e. The Bertz CT molecular complexity index is 2080. The van der Waals surface area contributed by atoms with E-state index in [0.29, 0.717) is 22.6 Å². The van der Waals surface area contributed by atoms with Crippen LogP contribution in [0.25, 0.3) is 27.6 Å². The van der Waals surface area contributed by atoms with Gasteiger partial charge in [0.1, 0.15) is 17.3 Å². The summed E-state index contributed by atoms with van der Waals surface area (Å²) in [6.45, 7) is 2.76. The minimum atomic E-state index is 0.468. The van der Waals surface area contributed by atoms with Gasteiger partial charge in [0.2, 0.25) is 0 Å². The molecule has 0 amide bonds. The SMILES string of the molecule is Cc1ccnc(-n2c3ccc(C#N)cc3c3c(C#N)cc(Oc4cccc(N5CN(C)c6ccccc65)c4)cc32)c1. The summed E-state index contributed by atoms with van der Waals surface area (Å²) in [5, 5.41) is 21.4. The molecule has 0 saturated heterocycles. The smallest absolute Gasteiger partial charge is 0.137 e. The number of pyridine rings is 1. The minimum absolute atomic E-state index is 0.468. The topological polar surface area (TPSA) is 81.1 Å². The van der Waals surface area contributed by atoms with Crippen LogP contribution in [-0.4, -0.2) is 23.3 Å². The summed E-state index contributed by atoms with van der Waals surface area (Å²) in [6, 6.07) is 34.1. The molecule has 6 aromatic rings. The molecule has 0 saturated carbocycles. The number of nitrogens with zero attached hydrogens (tertiary/aromatic N) is 6. The molecule has 0 radical (unpaired) electrons. The fourth-order valence-corrected chi connectivity index (χ4v) is 5.68. The molecule has 0 aliphatic carbocycles. The van der Waals surface area contributed by atoms with E-state index in [2.05, 4.69) is 52.2 Å². The summed E-state index contributed by atoms with van der Waals surface area (Å²) in [7, 11) is 2.08. The van der Waals surface area contributed by atoms with Crippen LogP contribution in [0.5, 0.6) is 11.5 Å². The molecule has 4 aromatic carbocycles. The van der Waals surface area contributed by atoms with Crippen LogP contribution in [0.1, 0.15) is 16.7 Å². The molecule has 0 fully saturated rings. The lowest BCUT2D eigenvalue weighted by Gasteiger charge is -2.20. The van der Waals surface area contributed by atoms with E-state index in [-0.39, 0.29) is 0 Å². The molecule has 3 heterocycles. The zero-order valence-electron chi connectivity index (χ0n) is 22.5. The van der Waals surface area contributed by atoms with E-state index >= 15 is 0 Å². The van der Waals surface area contributed by atoms with Gasteiger partial charge in [0.25, 0.3) is 0 Å². The second-order valence-corrected chi connectivity index (χ2v) is 10.2. The standard InChI is InChI=1S/C34H24N6O/c1-22-12-13-37-33(14-22)40-29-11-10-23(19-35)15-28(29)34-24(20-36)16-27(18-32(34)40)41-26-7-5-6-25(17-26)39-21-38(2)30-8-3-4-9-31(30)39/h3-18H,21H2,1-2H3. The Morgan fingerprint density at radius 2 is 1.66 bits per heavy atom. The number of anilines is 3. The maximum absolute atomic E-state index is 10.2. The molecule has 0 unspecified atom stereocenters. The first kappa shape index (κ1) is 24.3. The van der Waals surface area contributed by atoms with Crippen LogP contribution in [-0.2, 0) is 0 Å². The summed E-state index contributed by atoms with van der Waals surface area (Å²) < 4.78 is 8.45. The highest BCUT2D eigenvalue weighted by Gasteiger charge is 2.24. The highest BCUT2D eigenvalue weighted by atomic mass is 16.5. The summed E-state index contributed by atoms with van der Waals surface area (Å²) >= 11 is 0. The van der Waals surface area contributed by atoms with Gasteiger partial charge in [-0.05, 0) is 73.2 Å². The van der Waals surface area contributed by atoms with E-state index in [1.54, 1.807) is 18.3 Å². The molecular formula is C34H24N6O. The van der Waals surface area contributed by atoms with Crippen molar-refractivity contribution >= 4 is 38.9 Å². The normalized spacial score (nSPS) is 12.4. The molecule has 196 valence electrons. The van der Waals surface area contributed by atoms with E-state index in [9.17, 15) is 10.5 Å². The number of aromatic nitrogens is 2. The van der Waals surface area contributed by atoms with Gasteiger partial charge in [-0.25, -0.2) is 4.98 Å². The Hall–Kier alpha value is -5.79. The number of hydrogen-bond acceptors (Lipinski definition) is 6. The molecule has 0 atom stereocenters. The van der Waals surface area contributed by atoms with Crippen molar-refractivity contribution in [1.29, 1.82) is 10.5 Å². The third-order valence-electron chi connectivity index (χ3n) is 7.52. The molecule has 0 spiro atoms. The molecule has 0 N–H and O–H groups in total. The van der Waals surface area contributed by atoms with E-state index in [1.807, 2.05) is 72.2 Å². The van der Waals surface area contributed by atoms with E-state index in [0.717, 1.165) is 51.2 Å². The Kier molecular flexibility index (Phi) is 5.59. The van der Waals surface area contributed by atoms with Crippen LogP contribution < -0.4 is 14.5 Å². The summed E-state index contributed by atoms with van der Waals surface area (Å²) in [6.07, 6.45) is 1.77. The lowest BCUT2D eigenvalue weighted by atomic mass is 10.1. The zero-order valence-corrected chi connectivity index (χ0v) is 22.5. The van der Waals surface area contributed by atoms with E-state index in [4.69, 9.17) is 4.74 Å². The zero-order chi connectivity index (χ0) is 28.1. The third-order valence-corrected chi connectivity index (χ3v) is 7.52. The van der Waals surface area contributed by atoms with Crippen LogP contribution in [0.3, 0.4) is 0 Å². The first-order valence-corrected chi connectivity index (χ1v) is 13.2. The van der Waals surface area contributed by atoms with Crippen molar-refractivity contribution in [1.82, 2.24) is 9.55 Å². The molecule has 1 aliphatic rings. The van der Waals surface area contributed by atoms with Gasteiger partial charge in [0, 0.05) is 41.8 Å². The fourth-order valence-electron chi connectivity index (χ4n) is 5.68. The Morgan fingerprint density at radius 3 is 2.46 bits per heavy atom.